The van der Waals surface area contributed by atoms with Gasteiger partial charge in [-0.25, -0.2) is 0 Å². The lowest BCUT2D eigenvalue weighted by atomic mass is 10.1. The summed E-state index contributed by atoms with van der Waals surface area (Å²) in [6.45, 7) is -2.98. The van der Waals surface area contributed by atoms with E-state index in [4.69, 9.17) is 5.26 Å². The van der Waals surface area contributed by atoms with E-state index in [1.54, 1.807) is 12.1 Å². The predicted molar refractivity (Wildman–Crippen MR) is 52.4 cm³/mol. The number of nitrogens with zero attached hydrogens (tertiary/aromatic N) is 1. The van der Waals surface area contributed by atoms with Gasteiger partial charge >= 0.3 is 6.61 Å². The summed E-state index contributed by atoms with van der Waals surface area (Å²) in [6, 6.07) is 6.41. The molecule has 0 heterocycles. The SMILES string of the molecule is N#CCCc1cccc(C=O)c1OC(F)F. The second kappa shape index (κ2) is 5.81. The third-order valence-corrected chi connectivity index (χ3v) is 1.97. The van der Waals surface area contributed by atoms with Crippen LogP contribution < -0.4 is 4.74 Å². The summed E-state index contributed by atoms with van der Waals surface area (Å²) in [6.07, 6.45) is 0.912. The van der Waals surface area contributed by atoms with Crippen molar-refractivity contribution in [1.29, 1.82) is 5.26 Å². The Balaban J connectivity index is 3.05. The fourth-order valence-corrected chi connectivity index (χ4v) is 1.32. The van der Waals surface area contributed by atoms with E-state index in [2.05, 4.69) is 4.74 Å². The van der Waals surface area contributed by atoms with Crippen LogP contribution in [-0.2, 0) is 6.42 Å². The van der Waals surface area contributed by atoms with E-state index >= 15 is 0 Å². The average molecular weight is 225 g/mol. The number of rotatable bonds is 5. The number of para-hydroxylation sites is 1. The summed E-state index contributed by atoms with van der Waals surface area (Å²) < 4.78 is 28.6. The molecule has 1 aromatic rings. The van der Waals surface area contributed by atoms with Gasteiger partial charge in [0.1, 0.15) is 5.75 Å². The third kappa shape index (κ3) is 3.02. The van der Waals surface area contributed by atoms with Gasteiger partial charge in [0.15, 0.2) is 6.29 Å². The van der Waals surface area contributed by atoms with Crippen molar-refractivity contribution in [3.63, 3.8) is 0 Å². The van der Waals surface area contributed by atoms with E-state index in [0.29, 0.717) is 11.8 Å². The predicted octanol–water partition coefficient (Wildman–Crippen LogP) is 2.56. The molecule has 0 amide bonds. The minimum absolute atomic E-state index is 0.0655. The number of aryl methyl sites for hydroxylation is 1. The number of benzene rings is 1. The van der Waals surface area contributed by atoms with Crippen molar-refractivity contribution in [1.82, 2.24) is 0 Å². The van der Waals surface area contributed by atoms with Crippen LogP contribution in [0, 0.1) is 11.3 Å². The van der Waals surface area contributed by atoms with Gasteiger partial charge in [0.2, 0.25) is 0 Å². The number of nitriles is 1. The monoisotopic (exact) mass is 225 g/mol. The molecule has 0 saturated heterocycles. The summed E-state index contributed by atoms with van der Waals surface area (Å²) in [5.74, 6) is -0.136. The van der Waals surface area contributed by atoms with Crippen LogP contribution in [0.5, 0.6) is 5.75 Å². The largest absolute Gasteiger partial charge is 0.434 e. The molecular formula is C11H9F2NO2. The van der Waals surface area contributed by atoms with Crippen LogP contribution >= 0.6 is 0 Å². The first-order chi connectivity index (χ1) is 7.69. The molecule has 0 saturated carbocycles. The fraction of sp³-hybridized carbons (Fsp3) is 0.273. The maximum Gasteiger partial charge on any atom is 0.387 e. The zero-order valence-electron chi connectivity index (χ0n) is 8.32. The van der Waals surface area contributed by atoms with Crippen LogP contribution in [-0.4, -0.2) is 12.9 Å². The van der Waals surface area contributed by atoms with E-state index in [-0.39, 0.29) is 24.2 Å². The van der Waals surface area contributed by atoms with Crippen molar-refractivity contribution in [3.8, 4) is 11.8 Å². The topological polar surface area (TPSA) is 50.1 Å². The number of ether oxygens (including phenoxy) is 1. The lowest BCUT2D eigenvalue weighted by Gasteiger charge is -2.11. The van der Waals surface area contributed by atoms with E-state index in [1.807, 2.05) is 6.07 Å². The van der Waals surface area contributed by atoms with Crippen molar-refractivity contribution in [2.75, 3.05) is 0 Å². The molecule has 84 valence electrons. The van der Waals surface area contributed by atoms with E-state index in [9.17, 15) is 13.6 Å². The Bertz CT molecular complexity index is 413. The lowest BCUT2D eigenvalue weighted by molar-refractivity contribution is -0.0506. The minimum Gasteiger partial charge on any atom is -0.434 e. The highest BCUT2D eigenvalue weighted by atomic mass is 19.3. The molecule has 0 aliphatic carbocycles. The molecule has 1 aromatic carbocycles. The Hall–Kier alpha value is -1.96. The molecule has 1 rings (SSSR count). The highest BCUT2D eigenvalue weighted by molar-refractivity contribution is 5.80. The van der Waals surface area contributed by atoms with Gasteiger partial charge < -0.3 is 4.74 Å². The number of halogens is 2. The summed E-state index contributed by atoms with van der Waals surface area (Å²) in [5.41, 5.74) is 0.502. The number of carbonyl (C=O) groups excluding carboxylic acids is 1. The maximum absolute atomic E-state index is 12.1. The first kappa shape index (κ1) is 12.1. The van der Waals surface area contributed by atoms with Crippen molar-refractivity contribution in [3.05, 3.63) is 29.3 Å². The standard InChI is InChI=1S/C11H9F2NO2/c12-11(13)16-10-8(5-2-6-14)3-1-4-9(10)7-15/h1,3-4,7,11H,2,5H2. The number of aldehydes is 1. The van der Waals surface area contributed by atoms with Crippen LogP contribution in [0.25, 0.3) is 0 Å². The zero-order valence-corrected chi connectivity index (χ0v) is 8.32. The van der Waals surface area contributed by atoms with E-state index < -0.39 is 6.61 Å². The molecule has 3 nitrogen and oxygen atoms in total. The Morgan fingerprint density at radius 2 is 2.25 bits per heavy atom. The van der Waals surface area contributed by atoms with Gasteiger partial charge in [0.25, 0.3) is 0 Å². The molecule has 0 aliphatic rings. The molecule has 0 spiro atoms. The molecule has 0 aromatic heterocycles. The minimum atomic E-state index is -2.98. The van der Waals surface area contributed by atoms with Crippen LogP contribution in [0.4, 0.5) is 8.78 Å². The first-order valence-electron chi connectivity index (χ1n) is 4.58. The Labute approximate surface area is 91.3 Å². The van der Waals surface area contributed by atoms with E-state index in [0.717, 1.165) is 0 Å². The number of carbonyl (C=O) groups is 1. The second-order valence-corrected chi connectivity index (χ2v) is 2.99. The Morgan fingerprint density at radius 1 is 1.50 bits per heavy atom. The summed E-state index contributed by atoms with van der Waals surface area (Å²) in [4.78, 5) is 10.6. The van der Waals surface area contributed by atoms with Crippen LogP contribution in [0.2, 0.25) is 0 Å². The third-order valence-electron chi connectivity index (χ3n) is 1.97. The second-order valence-electron chi connectivity index (χ2n) is 2.99. The molecule has 0 bridgehead atoms. The molecule has 0 unspecified atom stereocenters. The average Bonchev–Trinajstić information content (AvgIpc) is 2.27. The first-order valence-corrected chi connectivity index (χ1v) is 4.58. The Morgan fingerprint density at radius 3 is 2.81 bits per heavy atom. The van der Waals surface area contributed by atoms with Gasteiger partial charge in [0.05, 0.1) is 11.6 Å². The van der Waals surface area contributed by atoms with Crippen LogP contribution in [0.1, 0.15) is 22.3 Å². The molecule has 16 heavy (non-hydrogen) atoms. The van der Waals surface area contributed by atoms with Gasteiger partial charge in [-0.3, -0.25) is 4.79 Å². The maximum atomic E-state index is 12.1. The highest BCUT2D eigenvalue weighted by Crippen LogP contribution is 2.25. The van der Waals surface area contributed by atoms with Crippen molar-refractivity contribution in [2.24, 2.45) is 0 Å². The van der Waals surface area contributed by atoms with E-state index in [1.165, 1.54) is 6.07 Å². The van der Waals surface area contributed by atoms with Crippen molar-refractivity contribution < 1.29 is 18.3 Å². The zero-order chi connectivity index (χ0) is 12.0. The number of hydrogen-bond acceptors (Lipinski definition) is 3. The van der Waals surface area contributed by atoms with Gasteiger partial charge in [-0.15, -0.1) is 0 Å². The highest BCUT2D eigenvalue weighted by Gasteiger charge is 2.13. The van der Waals surface area contributed by atoms with Gasteiger partial charge in [0, 0.05) is 6.42 Å². The summed E-state index contributed by atoms with van der Waals surface area (Å²) in [7, 11) is 0. The van der Waals surface area contributed by atoms with Gasteiger partial charge in [-0.05, 0) is 18.1 Å². The molecule has 0 N–H and O–H groups in total. The molecule has 0 radical (unpaired) electrons. The smallest absolute Gasteiger partial charge is 0.387 e. The molecular weight excluding hydrogens is 216 g/mol. The van der Waals surface area contributed by atoms with Crippen LogP contribution in [0.3, 0.4) is 0 Å². The fourth-order valence-electron chi connectivity index (χ4n) is 1.32. The van der Waals surface area contributed by atoms with Gasteiger partial charge in [-0.1, -0.05) is 12.1 Å². The van der Waals surface area contributed by atoms with Gasteiger partial charge in [-0.2, -0.15) is 14.0 Å². The van der Waals surface area contributed by atoms with Crippen molar-refractivity contribution in [2.45, 2.75) is 19.5 Å². The molecule has 0 aliphatic heterocycles. The molecule has 5 heteroatoms. The number of hydrogen-bond donors (Lipinski definition) is 0. The quantitative estimate of drug-likeness (QED) is 0.723. The normalized spacial score (nSPS) is 9.88. The summed E-state index contributed by atoms with van der Waals surface area (Å²) >= 11 is 0. The molecule has 0 atom stereocenters. The number of alkyl halides is 2. The molecule has 0 fully saturated rings. The van der Waals surface area contributed by atoms with Crippen molar-refractivity contribution >= 4 is 6.29 Å². The summed E-state index contributed by atoms with van der Waals surface area (Å²) in [5, 5.41) is 8.42. The Kier molecular flexibility index (Phi) is 4.40. The van der Waals surface area contributed by atoms with Crippen LogP contribution in [0.15, 0.2) is 18.2 Å². The lowest BCUT2D eigenvalue weighted by Crippen LogP contribution is -2.07.